The second-order valence-electron chi connectivity index (χ2n) is 6.81. The highest BCUT2D eigenvalue weighted by Crippen LogP contribution is 2.51. The summed E-state index contributed by atoms with van der Waals surface area (Å²) in [6.45, 7) is 2.88. The van der Waals surface area contributed by atoms with Crippen LogP contribution in [0.2, 0.25) is 0 Å². The molecule has 3 aromatic rings. The average molecular weight is 430 g/mol. The molecular weight excluding hydrogens is 400 g/mol. The summed E-state index contributed by atoms with van der Waals surface area (Å²) in [6.07, 6.45) is 4.24. The summed E-state index contributed by atoms with van der Waals surface area (Å²) >= 11 is 1.63. The van der Waals surface area contributed by atoms with Crippen LogP contribution in [0.25, 0.3) is 22.4 Å². The van der Waals surface area contributed by atoms with Crippen molar-refractivity contribution >= 4 is 39.4 Å². The van der Waals surface area contributed by atoms with Gasteiger partial charge < -0.3 is 23.8 Å². The smallest absolute Gasteiger partial charge is 0.274 e. The molecule has 0 amide bonds. The number of aromatic nitrogens is 1. The first-order valence-corrected chi connectivity index (χ1v) is 10.5. The fourth-order valence-corrected chi connectivity index (χ4v) is 4.72. The molecule has 1 heterocycles. The van der Waals surface area contributed by atoms with Crippen molar-refractivity contribution in [2.45, 2.75) is 13.5 Å². The molecule has 0 N–H and O–H groups in total. The lowest BCUT2D eigenvalue weighted by molar-refractivity contribution is -0.665. The minimum absolute atomic E-state index is 0.527. The number of thiazole rings is 1. The number of methoxy groups -OCH3 is 4. The number of rotatable bonds is 8. The monoisotopic (exact) mass is 429 g/mol. The van der Waals surface area contributed by atoms with E-state index in [0.717, 1.165) is 27.3 Å². The van der Waals surface area contributed by atoms with Crippen molar-refractivity contribution in [2.24, 2.45) is 0 Å². The normalized spacial score (nSPS) is 11.2. The molecule has 0 spiro atoms. The maximum atomic E-state index is 5.74. The molecule has 0 saturated carbocycles. The van der Waals surface area contributed by atoms with Crippen molar-refractivity contribution in [2.75, 3.05) is 47.4 Å². The predicted molar refractivity (Wildman–Crippen MR) is 124 cm³/mol. The van der Waals surface area contributed by atoms with Crippen molar-refractivity contribution in [1.29, 1.82) is 0 Å². The second-order valence-corrected chi connectivity index (χ2v) is 7.85. The summed E-state index contributed by atoms with van der Waals surface area (Å²) in [4.78, 5) is 2.09. The topological polar surface area (TPSA) is 44.0 Å². The Morgan fingerprint density at radius 2 is 1.40 bits per heavy atom. The van der Waals surface area contributed by atoms with Crippen molar-refractivity contribution in [3.8, 4) is 23.0 Å². The SMILES string of the molecule is CC[n+]1c(/C=C/c2ccc(N(C)C)cc2)sc2c(OC)c(OC)c(OC)c(OC)c21. The third-order valence-corrected chi connectivity index (χ3v) is 6.11. The molecule has 0 bridgehead atoms. The molecule has 0 atom stereocenters. The van der Waals surface area contributed by atoms with Crippen molar-refractivity contribution in [1.82, 2.24) is 0 Å². The van der Waals surface area contributed by atoms with E-state index in [-0.39, 0.29) is 0 Å². The molecule has 0 aliphatic rings. The lowest BCUT2D eigenvalue weighted by atomic mass is 10.2. The van der Waals surface area contributed by atoms with E-state index in [1.807, 2.05) is 14.1 Å². The third kappa shape index (κ3) is 3.77. The molecule has 30 heavy (non-hydrogen) atoms. The summed E-state index contributed by atoms with van der Waals surface area (Å²) in [5.41, 5.74) is 3.24. The van der Waals surface area contributed by atoms with Gasteiger partial charge in [-0.05, 0) is 30.7 Å². The maximum absolute atomic E-state index is 5.74. The number of ether oxygens (including phenoxy) is 4. The molecule has 0 aliphatic heterocycles. The summed E-state index contributed by atoms with van der Waals surface area (Å²) in [6, 6.07) is 8.45. The van der Waals surface area contributed by atoms with Gasteiger partial charge in [-0.2, -0.15) is 4.57 Å². The van der Waals surface area contributed by atoms with Crippen molar-refractivity contribution in [3.63, 3.8) is 0 Å². The zero-order valence-electron chi connectivity index (χ0n) is 18.6. The molecule has 2 aromatic carbocycles. The number of hydrogen-bond donors (Lipinski definition) is 0. The zero-order chi connectivity index (χ0) is 21.8. The number of benzene rings is 2. The predicted octanol–water partition coefficient (Wildman–Crippen LogP) is 4.48. The lowest BCUT2D eigenvalue weighted by Crippen LogP contribution is -2.33. The lowest BCUT2D eigenvalue weighted by Gasteiger charge is -2.14. The summed E-state index contributed by atoms with van der Waals surface area (Å²) in [7, 11) is 10.6. The molecule has 160 valence electrons. The first kappa shape index (κ1) is 21.8. The average Bonchev–Trinajstić information content (AvgIpc) is 3.13. The van der Waals surface area contributed by atoms with E-state index in [2.05, 4.69) is 52.8 Å². The fourth-order valence-electron chi connectivity index (χ4n) is 3.47. The molecule has 6 nitrogen and oxygen atoms in total. The molecule has 1 aromatic heterocycles. The third-order valence-electron chi connectivity index (χ3n) is 4.96. The van der Waals surface area contributed by atoms with Crippen LogP contribution in [0, 0.1) is 0 Å². The van der Waals surface area contributed by atoms with E-state index in [4.69, 9.17) is 18.9 Å². The van der Waals surface area contributed by atoms with Gasteiger partial charge in [0.25, 0.3) is 10.5 Å². The van der Waals surface area contributed by atoms with E-state index in [0.29, 0.717) is 23.0 Å². The van der Waals surface area contributed by atoms with Gasteiger partial charge in [0.05, 0.1) is 28.4 Å². The van der Waals surface area contributed by atoms with Crippen LogP contribution in [-0.4, -0.2) is 42.5 Å². The van der Waals surface area contributed by atoms with Crippen LogP contribution in [0.3, 0.4) is 0 Å². The maximum Gasteiger partial charge on any atom is 0.274 e. The molecule has 0 fully saturated rings. The molecule has 0 unspecified atom stereocenters. The van der Waals surface area contributed by atoms with Crippen LogP contribution < -0.4 is 28.4 Å². The van der Waals surface area contributed by atoms with Gasteiger partial charge in [-0.25, -0.2) is 0 Å². The summed E-state index contributed by atoms with van der Waals surface area (Å²) in [5, 5.41) is 1.08. The highest BCUT2D eigenvalue weighted by atomic mass is 32.1. The second kappa shape index (κ2) is 9.26. The molecule has 0 saturated heterocycles. The van der Waals surface area contributed by atoms with Gasteiger partial charge in [-0.15, -0.1) is 0 Å². The van der Waals surface area contributed by atoms with Crippen LogP contribution in [0.1, 0.15) is 17.5 Å². The number of fused-ring (bicyclic) bond motifs is 1. The van der Waals surface area contributed by atoms with E-state index < -0.39 is 0 Å². The Labute approximate surface area is 181 Å². The minimum atomic E-state index is 0.527. The number of nitrogens with zero attached hydrogens (tertiary/aromatic N) is 2. The summed E-state index contributed by atoms with van der Waals surface area (Å²) < 4.78 is 25.8. The molecule has 0 aliphatic carbocycles. The van der Waals surface area contributed by atoms with Gasteiger partial charge in [0, 0.05) is 25.9 Å². The highest BCUT2D eigenvalue weighted by molar-refractivity contribution is 7.19. The van der Waals surface area contributed by atoms with E-state index >= 15 is 0 Å². The Morgan fingerprint density at radius 3 is 1.90 bits per heavy atom. The Bertz CT molecular complexity index is 1060. The highest BCUT2D eigenvalue weighted by Gasteiger charge is 2.33. The van der Waals surface area contributed by atoms with Crippen LogP contribution in [0.4, 0.5) is 5.69 Å². The van der Waals surface area contributed by atoms with Crippen LogP contribution in [0.15, 0.2) is 24.3 Å². The van der Waals surface area contributed by atoms with Gasteiger partial charge in [0.1, 0.15) is 6.54 Å². The van der Waals surface area contributed by atoms with Crippen molar-refractivity contribution in [3.05, 3.63) is 34.8 Å². The minimum Gasteiger partial charge on any atom is -0.491 e. The first-order valence-electron chi connectivity index (χ1n) is 9.68. The number of aryl methyl sites for hydroxylation is 1. The van der Waals surface area contributed by atoms with Gasteiger partial charge in [0.15, 0.2) is 10.4 Å². The molecule has 7 heteroatoms. The van der Waals surface area contributed by atoms with Gasteiger partial charge in [0.2, 0.25) is 17.2 Å². The Hall–Kier alpha value is -2.93. The first-order chi connectivity index (χ1) is 14.5. The molecular formula is C23H29N2O4S+. The Morgan fingerprint density at radius 1 is 0.833 bits per heavy atom. The van der Waals surface area contributed by atoms with Crippen LogP contribution >= 0.6 is 11.3 Å². The molecule has 3 rings (SSSR count). The van der Waals surface area contributed by atoms with E-state index in [1.54, 1.807) is 39.8 Å². The van der Waals surface area contributed by atoms with E-state index in [9.17, 15) is 0 Å². The van der Waals surface area contributed by atoms with Crippen LogP contribution in [0.5, 0.6) is 23.0 Å². The van der Waals surface area contributed by atoms with Gasteiger partial charge in [-0.3, -0.25) is 0 Å². The van der Waals surface area contributed by atoms with E-state index in [1.165, 1.54) is 5.69 Å². The van der Waals surface area contributed by atoms with Gasteiger partial charge in [-0.1, -0.05) is 23.5 Å². The largest absolute Gasteiger partial charge is 0.491 e. The van der Waals surface area contributed by atoms with Crippen LogP contribution in [-0.2, 0) is 6.54 Å². The zero-order valence-corrected chi connectivity index (χ0v) is 19.4. The summed E-state index contributed by atoms with van der Waals surface area (Å²) in [5.74, 6) is 2.34. The quantitative estimate of drug-likeness (QED) is 0.494. The Balaban J connectivity index is 2.18. The fraction of sp³-hybridized carbons (Fsp3) is 0.348. The number of anilines is 1. The molecule has 0 radical (unpaired) electrons. The van der Waals surface area contributed by atoms with Crippen molar-refractivity contribution < 1.29 is 23.5 Å². The number of hydrogen-bond acceptors (Lipinski definition) is 6. The standard InChI is InChI=1S/C23H29N2O4S/c1-8-25-17(14-11-15-9-12-16(13-10-15)24(2)3)30-23-18(25)19(26-4)20(27-5)21(28-6)22(23)29-7/h9-14H,8H2,1-7H3/q+1. The Kier molecular flexibility index (Phi) is 6.72. The van der Waals surface area contributed by atoms with Gasteiger partial charge >= 0.3 is 0 Å².